The molecule has 0 N–H and O–H groups in total. The van der Waals surface area contributed by atoms with Crippen molar-refractivity contribution in [1.29, 1.82) is 0 Å². The van der Waals surface area contributed by atoms with Crippen LogP contribution >= 0.6 is 0 Å². The molecule has 0 spiro atoms. The van der Waals surface area contributed by atoms with Gasteiger partial charge in [-0.3, -0.25) is 9.59 Å². The molecular weight excluding hydrogens is 310 g/mol. The van der Waals surface area contributed by atoms with Crippen molar-refractivity contribution >= 4 is 23.5 Å². The number of rotatable bonds is 4. The molecule has 1 saturated heterocycles. The molecule has 2 aromatic rings. The molecule has 1 aliphatic heterocycles. The number of para-hydroxylation sites is 3. The Kier molecular flexibility index (Phi) is 4.29. The molecule has 0 atom stereocenters. The second-order valence-corrected chi connectivity index (χ2v) is 5.18. The van der Waals surface area contributed by atoms with Crippen molar-refractivity contribution < 1.29 is 23.9 Å². The monoisotopic (exact) mass is 325 g/mol. The number of anilines is 1. The van der Waals surface area contributed by atoms with Crippen molar-refractivity contribution in [2.24, 2.45) is 0 Å². The molecule has 1 heterocycles. The highest BCUT2D eigenvalue weighted by molar-refractivity contribution is 6.20. The fourth-order valence-electron chi connectivity index (χ4n) is 2.54. The molecule has 0 aromatic heterocycles. The number of nitrogens with zero attached hydrogens (tertiary/aromatic N) is 1. The second-order valence-electron chi connectivity index (χ2n) is 5.18. The number of ether oxygens (including phenoxy) is 2. The number of hydrogen-bond donors (Lipinski definition) is 0. The van der Waals surface area contributed by atoms with E-state index in [0.29, 0.717) is 5.75 Å². The number of carbonyl (C=O) groups excluding carboxylic acids is 3. The number of esters is 1. The molecule has 122 valence electrons. The summed E-state index contributed by atoms with van der Waals surface area (Å²) >= 11 is 0. The minimum atomic E-state index is -0.626. The van der Waals surface area contributed by atoms with E-state index in [1.807, 2.05) is 0 Å². The van der Waals surface area contributed by atoms with Gasteiger partial charge in [0.15, 0.2) is 5.75 Å². The summed E-state index contributed by atoms with van der Waals surface area (Å²) in [5.74, 6) is -0.703. The zero-order valence-electron chi connectivity index (χ0n) is 13.0. The van der Waals surface area contributed by atoms with E-state index in [1.54, 1.807) is 48.5 Å². The molecule has 1 fully saturated rings. The molecule has 0 unspecified atom stereocenters. The van der Waals surface area contributed by atoms with Crippen LogP contribution in [0, 0.1) is 0 Å². The molecule has 0 aliphatic carbocycles. The van der Waals surface area contributed by atoms with Crippen molar-refractivity contribution in [3.05, 3.63) is 54.1 Å². The third-order valence-corrected chi connectivity index (χ3v) is 3.69. The van der Waals surface area contributed by atoms with Gasteiger partial charge < -0.3 is 9.47 Å². The zero-order valence-corrected chi connectivity index (χ0v) is 13.0. The molecule has 6 nitrogen and oxygen atoms in total. The maximum atomic E-state index is 12.4. The molecule has 6 heteroatoms. The molecule has 0 saturated carbocycles. The largest absolute Gasteiger partial charge is 0.496 e. The van der Waals surface area contributed by atoms with Crippen LogP contribution in [0.15, 0.2) is 48.5 Å². The first-order chi connectivity index (χ1) is 11.6. The number of imide groups is 1. The standard InChI is InChI=1S/C18H15NO5/c1-23-14-8-4-2-6-12(14)18(22)24-15-9-5-3-7-13(15)19-16(20)10-11-17(19)21/h2-9H,10-11H2,1H3. The van der Waals surface area contributed by atoms with E-state index in [4.69, 9.17) is 9.47 Å². The topological polar surface area (TPSA) is 72.9 Å². The highest BCUT2D eigenvalue weighted by Gasteiger charge is 2.32. The van der Waals surface area contributed by atoms with E-state index in [2.05, 4.69) is 0 Å². The molecule has 1 aliphatic rings. The minimum absolute atomic E-state index is 0.150. The van der Waals surface area contributed by atoms with Crippen molar-refractivity contribution in [2.45, 2.75) is 12.8 Å². The Morgan fingerprint density at radius 1 is 0.917 bits per heavy atom. The van der Waals surface area contributed by atoms with Crippen LogP contribution in [0.4, 0.5) is 5.69 Å². The van der Waals surface area contributed by atoms with Crippen LogP contribution in [0.3, 0.4) is 0 Å². The van der Waals surface area contributed by atoms with Crippen molar-refractivity contribution in [1.82, 2.24) is 0 Å². The predicted molar refractivity (Wildman–Crippen MR) is 86.1 cm³/mol. The highest BCUT2D eigenvalue weighted by atomic mass is 16.5. The van der Waals surface area contributed by atoms with Gasteiger partial charge in [-0.25, -0.2) is 9.69 Å². The van der Waals surface area contributed by atoms with Crippen molar-refractivity contribution in [2.75, 3.05) is 12.0 Å². The Morgan fingerprint density at radius 3 is 2.17 bits per heavy atom. The third kappa shape index (κ3) is 2.86. The summed E-state index contributed by atoms with van der Waals surface area (Å²) in [5.41, 5.74) is 0.530. The van der Waals surface area contributed by atoms with E-state index >= 15 is 0 Å². The summed E-state index contributed by atoms with van der Waals surface area (Å²) < 4.78 is 10.6. The first kappa shape index (κ1) is 15.7. The van der Waals surface area contributed by atoms with Gasteiger partial charge >= 0.3 is 5.97 Å². The molecule has 2 aromatic carbocycles. The molecule has 0 radical (unpaired) electrons. The lowest BCUT2D eigenvalue weighted by atomic mass is 10.2. The summed E-state index contributed by atoms with van der Waals surface area (Å²) in [4.78, 5) is 37.4. The fourth-order valence-corrected chi connectivity index (χ4v) is 2.54. The Labute approximate surface area is 138 Å². The quantitative estimate of drug-likeness (QED) is 0.491. The average Bonchev–Trinajstić information content (AvgIpc) is 2.94. The molecular formula is C18H15NO5. The number of amides is 2. The smallest absolute Gasteiger partial charge is 0.347 e. The summed E-state index contributed by atoms with van der Waals surface area (Å²) in [6.45, 7) is 0. The van der Waals surface area contributed by atoms with E-state index in [9.17, 15) is 14.4 Å². The van der Waals surface area contributed by atoms with E-state index < -0.39 is 5.97 Å². The van der Waals surface area contributed by atoms with Crippen LogP contribution in [0.5, 0.6) is 11.5 Å². The molecule has 0 bridgehead atoms. The summed E-state index contributed by atoms with van der Waals surface area (Å²) in [6, 6.07) is 13.1. The maximum absolute atomic E-state index is 12.4. The fraction of sp³-hybridized carbons (Fsp3) is 0.167. The van der Waals surface area contributed by atoms with E-state index in [-0.39, 0.29) is 41.7 Å². The maximum Gasteiger partial charge on any atom is 0.347 e. The normalized spacial score (nSPS) is 14.0. The number of benzene rings is 2. The van der Waals surface area contributed by atoms with Crippen LogP contribution in [0.25, 0.3) is 0 Å². The van der Waals surface area contributed by atoms with Crippen LogP contribution in [-0.4, -0.2) is 24.9 Å². The SMILES string of the molecule is COc1ccccc1C(=O)Oc1ccccc1N1C(=O)CCC1=O. The first-order valence-corrected chi connectivity index (χ1v) is 7.42. The van der Waals surface area contributed by atoms with Gasteiger partial charge in [-0.15, -0.1) is 0 Å². The molecule has 3 rings (SSSR count). The number of carbonyl (C=O) groups is 3. The Bertz CT molecular complexity index is 799. The van der Waals surface area contributed by atoms with Crippen LogP contribution < -0.4 is 14.4 Å². The second kappa shape index (κ2) is 6.54. The van der Waals surface area contributed by atoms with Crippen molar-refractivity contribution in [3.8, 4) is 11.5 Å². The van der Waals surface area contributed by atoms with Crippen LogP contribution in [0.1, 0.15) is 23.2 Å². The van der Waals surface area contributed by atoms with Gasteiger partial charge in [0, 0.05) is 12.8 Å². The Balaban J connectivity index is 1.92. The summed E-state index contributed by atoms with van der Waals surface area (Å²) in [7, 11) is 1.46. The number of methoxy groups -OCH3 is 1. The third-order valence-electron chi connectivity index (χ3n) is 3.69. The molecule has 24 heavy (non-hydrogen) atoms. The van der Waals surface area contributed by atoms with Crippen molar-refractivity contribution in [3.63, 3.8) is 0 Å². The lowest BCUT2D eigenvalue weighted by Crippen LogP contribution is -2.29. The molecule has 2 amide bonds. The van der Waals surface area contributed by atoms with Gasteiger partial charge in [0.2, 0.25) is 11.8 Å². The van der Waals surface area contributed by atoms with Gasteiger partial charge in [-0.2, -0.15) is 0 Å². The Hall–Kier alpha value is -3.15. The first-order valence-electron chi connectivity index (χ1n) is 7.42. The summed E-state index contributed by atoms with van der Waals surface area (Å²) in [5, 5.41) is 0. The Morgan fingerprint density at radius 2 is 1.50 bits per heavy atom. The van der Waals surface area contributed by atoms with Gasteiger partial charge in [-0.1, -0.05) is 24.3 Å². The minimum Gasteiger partial charge on any atom is -0.496 e. The predicted octanol–water partition coefficient (Wildman–Crippen LogP) is 2.57. The average molecular weight is 325 g/mol. The van der Waals surface area contributed by atoms with Crippen LogP contribution in [-0.2, 0) is 9.59 Å². The van der Waals surface area contributed by atoms with E-state index in [0.717, 1.165) is 4.90 Å². The summed E-state index contributed by atoms with van der Waals surface area (Å²) in [6.07, 6.45) is 0.321. The van der Waals surface area contributed by atoms with Gasteiger partial charge in [0.25, 0.3) is 0 Å². The van der Waals surface area contributed by atoms with E-state index in [1.165, 1.54) is 7.11 Å². The lowest BCUT2D eigenvalue weighted by molar-refractivity contribution is -0.121. The number of hydrogen-bond acceptors (Lipinski definition) is 5. The van der Waals surface area contributed by atoms with Crippen LogP contribution in [0.2, 0.25) is 0 Å². The highest BCUT2D eigenvalue weighted by Crippen LogP contribution is 2.33. The lowest BCUT2D eigenvalue weighted by Gasteiger charge is -2.17. The van der Waals surface area contributed by atoms with Gasteiger partial charge in [0.05, 0.1) is 12.8 Å². The van der Waals surface area contributed by atoms with Gasteiger partial charge in [-0.05, 0) is 24.3 Å². The zero-order chi connectivity index (χ0) is 17.1. The van der Waals surface area contributed by atoms with Gasteiger partial charge in [0.1, 0.15) is 11.3 Å².